The summed E-state index contributed by atoms with van der Waals surface area (Å²) in [5, 5.41) is 2.89. The predicted molar refractivity (Wildman–Crippen MR) is 109 cm³/mol. The number of aromatic nitrogens is 5. The van der Waals surface area contributed by atoms with Crippen LogP contribution in [0.3, 0.4) is 0 Å². The molecule has 148 valence electrons. The molecular formula is C20H22N8O. The highest BCUT2D eigenvalue weighted by molar-refractivity contribution is 5.92. The van der Waals surface area contributed by atoms with Crippen LogP contribution in [-0.4, -0.2) is 57.0 Å². The van der Waals surface area contributed by atoms with Gasteiger partial charge < -0.3 is 15.1 Å². The highest BCUT2D eigenvalue weighted by Gasteiger charge is 2.21. The predicted octanol–water partition coefficient (Wildman–Crippen LogP) is 1.23. The van der Waals surface area contributed by atoms with Gasteiger partial charge in [-0.15, -0.1) is 0 Å². The molecule has 1 aliphatic heterocycles. The second-order valence-corrected chi connectivity index (χ2v) is 6.73. The summed E-state index contributed by atoms with van der Waals surface area (Å²) in [5.41, 5.74) is 1.30. The summed E-state index contributed by atoms with van der Waals surface area (Å²) >= 11 is 0. The third kappa shape index (κ3) is 4.63. The number of nitrogens with zero attached hydrogens (tertiary/aromatic N) is 7. The lowest BCUT2D eigenvalue weighted by molar-refractivity contribution is 0.0945. The zero-order valence-electron chi connectivity index (χ0n) is 16.2. The van der Waals surface area contributed by atoms with E-state index in [-0.39, 0.29) is 5.91 Å². The Morgan fingerprint density at radius 2 is 1.79 bits per heavy atom. The van der Waals surface area contributed by atoms with Gasteiger partial charge in [0.05, 0.1) is 0 Å². The molecule has 0 aliphatic carbocycles. The van der Waals surface area contributed by atoms with Crippen LogP contribution in [-0.2, 0) is 6.54 Å². The van der Waals surface area contributed by atoms with Crippen LogP contribution in [0.15, 0.2) is 49.1 Å². The van der Waals surface area contributed by atoms with E-state index >= 15 is 0 Å². The molecule has 0 bridgehead atoms. The van der Waals surface area contributed by atoms with Gasteiger partial charge in [0.25, 0.3) is 5.91 Å². The minimum Gasteiger partial charge on any atom is -0.353 e. The van der Waals surface area contributed by atoms with E-state index in [0.29, 0.717) is 18.1 Å². The molecule has 4 rings (SSSR count). The van der Waals surface area contributed by atoms with E-state index in [1.165, 1.54) is 0 Å². The number of pyridine rings is 1. The molecule has 0 spiro atoms. The van der Waals surface area contributed by atoms with Crippen molar-refractivity contribution in [2.75, 3.05) is 36.0 Å². The minimum absolute atomic E-state index is 0.225. The third-order valence-corrected chi connectivity index (χ3v) is 4.67. The first-order valence-corrected chi connectivity index (χ1v) is 9.49. The summed E-state index contributed by atoms with van der Waals surface area (Å²) in [4.78, 5) is 38.4. The molecule has 0 aromatic carbocycles. The summed E-state index contributed by atoms with van der Waals surface area (Å²) in [7, 11) is 0. The number of anilines is 2. The lowest BCUT2D eigenvalue weighted by Crippen LogP contribution is -2.47. The van der Waals surface area contributed by atoms with Crippen LogP contribution in [0, 0.1) is 6.92 Å². The van der Waals surface area contributed by atoms with Crippen molar-refractivity contribution in [3.8, 4) is 0 Å². The molecule has 0 unspecified atom stereocenters. The van der Waals surface area contributed by atoms with Crippen molar-refractivity contribution >= 4 is 17.7 Å². The Balaban J connectivity index is 1.41. The maximum absolute atomic E-state index is 12.6. The Hall–Kier alpha value is -3.62. The molecular weight excluding hydrogens is 368 g/mol. The molecule has 0 saturated carbocycles. The van der Waals surface area contributed by atoms with Gasteiger partial charge in [-0.3, -0.25) is 9.78 Å². The fourth-order valence-electron chi connectivity index (χ4n) is 3.20. The summed E-state index contributed by atoms with van der Waals surface area (Å²) in [6, 6.07) is 7.32. The highest BCUT2D eigenvalue weighted by atomic mass is 16.1. The van der Waals surface area contributed by atoms with Gasteiger partial charge in [-0.05, 0) is 24.6 Å². The van der Waals surface area contributed by atoms with Gasteiger partial charge in [0.15, 0.2) is 0 Å². The quantitative estimate of drug-likeness (QED) is 0.694. The first kappa shape index (κ1) is 18.7. The van der Waals surface area contributed by atoms with Crippen LogP contribution < -0.4 is 15.1 Å². The number of hydrogen-bond acceptors (Lipinski definition) is 8. The van der Waals surface area contributed by atoms with Gasteiger partial charge in [-0.2, -0.15) is 0 Å². The van der Waals surface area contributed by atoms with Crippen LogP contribution in [0.1, 0.15) is 21.9 Å². The maximum atomic E-state index is 12.6. The molecule has 3 aromatic heterocycles. The number of hydrogen-bond donors (Lipinski definition) is 1. The van der Waals surface area contributed by atoms with Crippen LogP contribution >= 0.6 is 0 Å². The molecule has 1 amide bonds. The largest absolute Gasteiger partial charge is 0.353 e. The average molecular weight is 390 g/mol. The van der Waals surface area contributed by atoms with E-state index in [1.807, 2.05) is 18.2 Å². The van der Waals surface area contributed by atoms with Gasteiger partial charge in [0.1, 0.15) is 17.3 Å². The zero-order valence-corrected chi connectivity index (χ0v) is 16.2. The first-order valence-electron chi connectivity index (χ1n) is 9.49. The van der Waals surface area contributed by atoms with E-state index in [0.717, 1.165) is 43.5 Å². The smallest absolute Gasteiger partial charge is 0.270 e. The number of aryl methyl sites for hydroxylation is 1. The van der Waals surface area contributed by atoms with Crippen molar-refractivity contribution in [1.82, 2.24) is 30.2 Å². The number of piperazine rings is 1. The Morgan fingerprint density at radius 3 is 2.52 bits per heavy atom. The number of rotatable bonds is 5. The molecule has 4 heterocycles. The fourth-order valence-corrected chi connectivity index (χ4v) is 3.20. The van der Waals surface area contributed by atoms with E-state index in [9.17, 15) is 4.79 Å². The average Bonchev–Trinajstić information content (AvgIpc) is 2.78. The Bertz CT molecular complexity index is 959. The molecule has 1 aliphatic rings. The Labute approximate surface area is 168 Å². The molecule has 9 heteroatoms. The Morgan fingerprint density at radius 1 is 1.03 bits per heavy atom. The van der Waals surface area contributed by atoms with Crippen molar-refractivity contribution in [3.05, 3.63) is 66.1 Å². The van der Waals surface area contributed by atoms with E-state index < -0.39 is 0 Å². The second-order valence-electron chi connectivity index (χ2n) is 6.73. The Kier molecular flexibility index (Phi) is 5.55. The summed E-state index contributed by atoms with van der Waals surface area (Å²) in [6.45, 7) is 5.32. The van der Waals surface area contributed by atoms with Gasteiger partial charge in [0, 0.05) is 63.6 Å². The molecule has 29 heavy (non-hydrogen) atoms. The van der Waals surface area contributed by atoms with E-state index in [2.05, 4.69) is 40.0 Å². The van der Waals surface area contributed by atoms with Gasteiger partial charge in [-0.25, -0.2) is 19.9 Å². The van der Waals surface area contributed by atoms with Gasteiger partial charge >= 0.3 is 0 Å². The minimum atomic E-state index is -0.225. The summed E-state index contributed by atoms with van der Waals surface area (Å²) < 4.78 is 0. The highest BCUT2D eigenvalue weighted by Crippen LogP contribution is 2.17. The number of amides is 1. The number of carbonyl (C=O) groups is 1. The normalized spacial score (nSPS) is 14.0. The molecule has 0 radical (unpaired) electrons. The lowest BCUT2D eigenvalue weighted by Gasteiger charge is -2.35. The van der Waals surface area contributed by atoms with Gasteiger partial charge in [0.2, 0.25) is 5.95 Å². The molecule has 1 N–H and O–H groups in total. The molecule has 1 saturated heterocycles. The number of nitrogens with one attached hydrogen (secondary N) is 1. The molecule has 1 fully saturated rings. The zero-order chi connectivity index (χ0) is 20.1. The standard InChI is InChI=1S/C20H22N8O/c1-15-25-17(19(29)24-14-16-4-2-5-21-13-16)12-18(26-15)27-8-10-28(11-9-27)20-22-6-3-7-23-20/h2-7,12-13H,8-11,14H2,1H3,(H,24,29). The number of carbonyl (C=O) groups excluding carboxylic acids is 1. The third-order valence-electron chi connectivity index (χ3n) is 4.67. The topological polar surface area (TPSA) is 100 Å². The van der Waals surface area contributed by atoms with Crippen molar-refractivity contribution in [1.29, 1.82) is 0 Å². The van der Waals surface area contributed by atoms with Crippen LogP contribution in [0.4, 0.5) is 11.8 Å². The lowest BCUT2D eigenvalue weighted by atomic mass is 10.2. The fraction of sp³-hybridized carbons (Fsp3) is 0.300. The van der Waals surface area contributed by atoms with E-state index in [4.69, 9.17) is 0 Å². The molecule has 0 atom stereocenters. The van der Waals surface area contributed by atoms with Crippen LogP contribution in [0.5, 0.6) is 0 Å². The van der Waals surface area contributed by atoms with Crippen molar-refractivity contribution in [3.63, 3.8) is 0 Å². The SMILES string of the molecule is Cc1nc(C(=O)NCc2cccnc2)cc(N2CCN(c3ncccn3)CC2)n1. The van der Waals surface area contributed by atoms with Crippen LogP contribution in [0.2, 0.25) is 0 Å². The van der Waals surface area contributed by atoms with Crippen molar-refractivity contribution in [2.45, 2.75) is 13.5 Å². The van der Waals surface area contributed by atoms with E-state index in [1.54, 1.807) is 37.8 Å². The molecule has 9 nitrogen and oxygen atoms in total. The maximum Gasteiger partial charge on any atom is 0.270 e. The summed E-state index contributed by atoms with van der Waals surface area (Å²) in [6.07, 6.45) is 6.93. The van der Waals surface area contributed by atoms with Crippen molar-refractivity contribution in [2.24, 2.45) is 0 Å². The first-order chi connectivity index (χ1) is 14.2. The molecule has 3 aromatic rings. The van der Waals surface area contributed by atoms with Crippen LogP contribution in [0.25, 0.3) is 0 Å². The second kappa shape index (κ2) is 8.59. The summed E-state index contributed by atoms with van der Waals surface area (Å²) in [5.74, 6) is 1.85. The van der Waals surface area contributed by atoms with Crippen molar-refractivity contribution < 1.29 is 4.79 Å². The monoisotopic (exact) mass is 390 g/mol. The van der Waals surface area contributed by atoms with Gasteiger partial charge in [-0.1, -0.05) is 6.07 Å².